The van der Waals surface area contributed by atoms with Crippen LogP contribution >= 0.6 is 0 Å². The average molecular weight is 435 g/mol. The Kier molecular flexibility index (Phi) is 19.7. The first-order chi connectivity index (χ1) is 13.9. The Morgan fingerprint density at radius 3 is 1.38 bits per heavy atom. The number of aliphatic hydroxyl groups excluding tert-OH is 1. The van der Waals surface area contributed by atoms with Crippen molar-refractivity contribution in [1.82, 2.24) is 0 Å². The molecule has 2 N–H and O–H groups in total. The van der Waals surface area contributed by atoms with Gasteiger partial charge >= 0.3 is 0 Å². The Labute approximate surface area is 182 Å². The van der Waals surface area contributed by atoms with E-state index in [1.165, 1.54) is 70.6 Å². The summed E-state index contributed by atoms with van der Waals surface area (Å²) in [6, 6.07) is 0. The first-order valence-corrected chi connectivity index (χ1v) is 14.1. The minimum Gasteiger partial charge on any atom is -0.393 e. The van der Waals surface area contributed by atoms with E-state index >= 15 is 0 Å². The lowest BCUT2D eigenvalue weighted by molar-refractivity contribution is 0.150. The van der Waals surface area contributed by atoms with Crippen LogP contribution in [0.5, 0.6) is 0 Å². The summed E-state index contributed by atoms with van der Waals surface area (Å²) >= 11 is 0. The van der Waals surface area contributed by atoms with Gasteiger partial charge in [-0.1, -0.05) is 110 Å². The van der Waals surface area contributed by atoms with E-state index in [1.807, 2.05) is 6.92 Å². The van der Waals surface area contributed by atoms with E-state index in [4.69, 9.17) is 0 Å². The van der Waals surface area contributed by atoms with Crippen molar-refractivity contribution in [2.75, 3.05) is 0 Å². The van der Waals surface area contributed by atoms with Crippen LogP contribution in [0.3, 0.4) is 0 Å². The van der Waals surface area contributed by atoms with Gasteiger partial charge in [-0.15, -0.1) is 0 Å². The van der Waals surface area contributed by atoms with Crippen molar-refractivity contribution >= 4 is 10.1 Å². The molecule has 29 heavy (non-hydrogen) atoms. The summed E-state index contributed by atoms with van der Waals surface area (Å²) < 4.78 is 32.6. The van der Waals surface area contributed by atoms with E-state index in [-0.39, 0.29) is 6.10 Å². The molecule has 0 rings (SSSR count). The van der Waals surface area contributed by atoms with E-state index in [0.717, 1.165) is 32.1 Å². The molecule has 2 unspecified atom stereocenters. The first-order valence-electron chi connectivity index (χ1n) is 12.6. The molecule has 0 saturated carbocycles. The van der Waals surface area contributed by atoms with Crippen molar-refractivity contribution in [2.24, 2.45) is 0 Å². The van der Waals surface area contributed by atoms with Crippen LogP contribution in [0.1, 0.15) is 142 Å². The van der Waals surface area contributed by atoms with Crippen LogP contribution in [0.4, 0.5) is 0 Å². The van der Waals surface area contributed by atoms with Gasteiger partial charge in [-0.3, -0.25) is 4.55 Å². The lowest BCUT2D eigenvalue weighted by atomic mass is 10.0. The molecule has 0 bridgehead atoms. The zero-order chi connectivity index (χ0) is 21.8. The van der Waals surface area contributed by atoms with Crippen molar-refractivity contribution in [3.63, 3.8) is 0 Å². The average Bonchev–Trinajstić information content (AvgIpc) is 2.66. The smallest absolute Gasteiger partial charge is 0.267 e. The predicted molar refractivity (Wildman–Crippen MR) is 125 cm³/mol. The fourth-order valence-corrected chi connectivity index (χ4v) is 5.00. The third-order valence-corrected chi connectivity index (χ3v) is 7.30. The fraction of sp³-hybridized carbons (Fsp3) is 1.00. The van der Waals surface area contributed by atoms with Crippen LogP contribution in [-0.2, 0) is 10.1 Å². The van der Waals surface area contributed by atoms with Crippen LogP contribution < -0.4 is 0 Å². The molecule has 0 aromatic carbocycles. The summed E-state index contributed by atoms with van der Waals surface area (Å²) in [7, 11) is -3.97. The zero-order valence-electron chi connectivity index (χ0n) is 19.4. The summed E-state index contributed by atoms with van der Waals surface area (Å²) in [6.45, 7) is 4.29. The number of hydrogen-bond donors (Lipinski definition) is 2. The highest BCUT2D eigenvalue weighted by Gasteiger charge is 2.22. The molecule has 5 heteroatoms. The second-order valence-electron chi connectivity index (χ2n) is 8.90. The zero-order valence-corrected chi connectivity index (χ0v) is 20.2. The molecule has 0 radical (unpaired) electrons. The van der Waals surface area contributed by atoms with Crippen molar-refractivity contribution in [2.45, 2.75) is 154 Å². The molecule has 4 nitrogen and oxygen atoms in total. The van der Waals surface area contributed by atoms with Crippen LogP contribution in [-0.4, -0.2) is 29.4 Å². The van der Waals surface area contributed by atoms with Crippen molar-refractivity contribution in [3.05, 3.63) is 0 Å². The molecule has 0 aliphatic rings. The molecule has 0 amide bonds. The van der Waals surface area contributed by atoms with Crippen LogP contribution in [0.25, 0.3) is 0 Å². The Hall–Kier alpha value is -0.130. The lowest BCUT2D eigenvalue weighted by Gasteiger charge is -2.15. The Balaban J connectivity index is 3.61. The number of aliphatic hydroxyl groups is 1. The van der Waals surface area contributed by atoms with E-state index < -0.39 is 15.4 Å². The van der Waals surface area contributed by atoms with Gasteiger partial charge in [0, 0.05) is 0 Å². The molecule has 0 spiro atoms. The summed E-state index contributed by atoms with van der Waals surface area (Å²) in [6.07, 6.45) is 21.5. The van der Waals surface area contributed by atoms with Crippen LogP contribution in [0.2, 0.25) is 0 Å². The minimum absolute atomic E-state index is 0.344. The van der Waals surface area contributed by atoms with E-state index in [2.05, 4.69) is 6.92 Å². The van der Waals surface area contributed by atoms with Gasteiger partial charge in [0.2, 0.25) is 0 Å². The molecule has 0 aliphatic heterocycles. The largest absolute Gasteiger partial charge is 0.393 e. The van der Waals surface area contributed by atoms with Gasteiger partial charge in [0.05, 0.1) is 11.4 Å². The van der Waals surface area contributed by atoms with Gasteiger partial charge in [-0.25, -0.2) is 0 Å². The number of hydrogen-bond acceptors (Lipinski definition) is 3. The molecule has 0 fully saturated rings. The van der Waals surface area contributed by atoms with Crippen molar-refractivity contribution < 1.29 is 18.1 Å². The number of unbranched alkanes of at least 4 members (excludes halogenated alkanes) is 13. The second kappa shape index (κ2) is 19.8. The molecule has 0 saturated heterocycles. The van der Waals surface area contributed by atoms with Gasteiger partial charge in [0.25, 0.3) is 10.1 Å². The maximum atomic E-state index is 11.6. The van der Waals surface area contributed by atoms with Gasteiger partial charge in [0.1, 0.15) is 0 Å². The molecule has 0 heterocycles. The lowest BCUT2D eigenvalue weighted by Crippen LogP contribution is -2.21. The van der Waals surface area contributed by atoms with Gasteiger partial charge < -0.3 is 5.11 Å². The molecule has 176 valence electrons. The Bertz CT molecular complexity index is 436. The fourth-order valence-electron chi connectivity index (χ4n) is 4.07. The SMILES string of the molecule is CCCCCCCCCCCCCCCCC(CCCC(O)CCC)S(=O)(=O)O. The van der Waals surface area contributed by atoms with Crippen molar-refractivity contribution in [3.8, 4) is 0 Å². The van der Waals surface area contributed by atoms with E-state index in [0.29, 0.717) is 25.7 Å². The normalized spacial score (nSPS) is 14.2. The quantitative estimate of drug-likeness (QED) is 0.137. The highest BCUT2D eigenvalue weighted by Crippen LogP contribution is 2.19. The van der Waals surface area contributed by atoms with E-state index in [1.54, 1.807) is 0 Å². The standard InChI is InChI=1S/C24H50O4S/c1-3-5-6-7-8-9-10-11-12-13-14-15-16-17-21-24(29(26,27)28)22-18-20-23(25)19-4-2/h23-25H,3-22H2,1-2H3,(H,26,27,28). The highest BCUT2D eigenvalue weighted by molar-refractivity contribution is 7.86. The maximum absolute atomic E-state index is 11.6. The van der Waals surface area contributed by atoms with Gasteiger partial charge in [-0.2, -0.15) is 8.42 Å². The predicted octanol–water partition coefficient (Wildman–Crippen LogP) is 7.45. The molecule has 0 aliphatic carbocycles. The molecule has 2 atom stereocenters. The second-order valence-corrected chi connectivity index (χ2v) is 10.6. The van der Waals surface area contributed by atoms with Gasteiger partial charge in [0.15, 0.2) is 0 Å². The highest BCUT2D eigenvalue weighted by atomic mass is 32.2. The van der Waals surface area contributed by atoms with Gasteiger partial charge in [-0.05, 0) is 32.1 Å². The maximum Gasteiger partial charge on any atom is 0.267 e. The minimum atomic E-state index is -3.97. The summed E-state index contributed by atoms with van der Waals surface area (Å²) in [5, 5.41) is 9.10. The Morgan fingerprint density at radius 1 is 0.552 bits per heavy atom. The summed E-state index contributed by atoms with van der Waals surface area (Å²) in [5.74, 6) is 0. The molecule has 0 aromatic rings. The third-order valence-electron chi connectivity index (χ3n) is 5.99. The Morgan fingerprint density at radius 2 is 0.966 bits per heavy atom. The first kappa shape index (κ1) is 28.9. The summed E-state index contributed by atoms with van der Waals surface area (Å²) in [5.41, 5.74) is 0. The van der Waals surface area contributed by atoms with Crippen LogP contribution in [0, 0.1) is 0 Å². The monoisotopic (exact) mass is 434 g/mol. The topological polar surface area (TPSA) is 74.6 Å². The van der Waals surface area contributed by atoms with E-state index in [9.17, 15) is 18.1 Å². The molecular formula is C24H50O4S. The molecular weight excluding hydrogens is 384 g/mol. The molecule has 0 aromatic heterocycles. The summed E-state index contributed by atoms with van der Waals surface area (Å²) in [4.78, 5) is 0. The van der Waals surface area contributed by atoms with Crippen molar-refractivity contribution in [1.29, 1.82) is 0 Å². The third kappa shape index (κ3) is 19.6. The van der Waals surface area contributed by atoms with Crippen LogP contribution in [0.15, 0.2) is 0 Å². The number of rotatable bonds is 22.